The van der Waals surface area contributed by atoms with Crippen LogP contribution in [0.15, 0.2) is 0 Å². The van der Waals surface area contributed by atoms with E-state index in [1.807, 2.05) is 13.8 Å². The lowest BCUT2D eigenvalue weighted by Crippen LogP contribution is -2.42. The molecule has 1 fully saturated rings. The smallest absolute Gasteiger partial charge is 0.236 e. The summed E-state index contributed by atoms with van der Waals surface area (Å²) in [6, 6.07) is -0.207. The van der Waals surface area contributed by atoms with Gasteiger partial charge in [0, 0.05) is 6.54 Å². The molecule has 1 rings (SSSR count). The number of Topliss-reactive ketones (excluding diaryl/α,β-unsaturated/α-hetero) is 1. The largest absolute Gasteiger partial charge is 0.332 e. The second kappa shape index (κ2) is 6.54. The molecule has 1 unspecified atom stereocenters. The van der Waals surface area contributed by atoms with E-state index in [2.05, 4.69) is 0 Å². The Bertz CT molecular complexity index is 204. The monoisotopic (exact) mass is 200 g/mol. The molecule has 1 saturated heterocycles. The van der Waals surface area contributed by atoms with Crippen molar-refractivity contribution < 1.29 is 9.59 Å². The molecule has 0 radical (unpaired) electrons. The molecule has 1 aliphatic rings. The van der Waals surface area contributed by atoms with Crippen LogP contribution in [0.2, 0.25) is 0 Å². The van der Waals surface area contributed by atoms with Gasteiger partial charge in [0.15, 0.2) is 5.78 Å². The second-order valence-corrected chi connectivity index (χ2v) is 3.06. The van der Waals surface area contributed by atoms with Gasteiger partial charge in [-0.25, -0.2) is 0 Å². The molecular weight excluding hydrogens is 180 g/mol. The second-order valence-electron chi connectivity index (χ2n) is 3.06. The quantitative estimate of drug-likeness (QED) is 0.708. The third-order valence-corrected chi connectivity index (χ3v) is 2.22. The predicted molar refractivity (Wildman–Crippen MR) is 55.8 cm³/mol. The van der Waals surface area contributed by atoms with E-state index in [0.29, 0.717) is 6.54 Å². The van der Waals surface area contributed by atoms with Crippen LogP contribution in [-0.2, 0) is 9.59 Å². The molecule has 1 amide bonds. The highest BCUT2D eigenvalue weighted by molar-refractivity contribution is 5.88. The normalized spacial score (nSPS) is 20.0. The molecule has 0 aromatic rings. The number of rotatable bonds is 2. The van der Waals surface area contributed by atoms with Gasteiger partial charge in [0.25, 0.3) is 0 Å². The molecule has 0 aromatic heterocycles. The van der Waals surface area contributed by atoms with Crippen LogP contribution in [0.1, 0.15) is 33.6 Å². The molecule has 0 saturated carbocycles. The molecule has 4 heteroatoms. The molecule has 2 N–H and O–H groups in total. The Morgan fingerprint density at radius 2 is 2.00 bits per heavy atom. The highest BCUT2D eigenvalue weighted by Gasteiger charge is 2.30. The lowest BCUT2D eigenvalue weighted by molar-refractivity contribution is -0.135. The van der Waals surface area contributed by atoms with Gasteiger partial charge in [0.1, 0.15) is 0 Å². The summed E-state index contributed by atoms with van der Waals surface area (Å²) in [5.41, 5.74) is 5.21. The van der Waals surface area contributed by atoms with Crippen LogP contribution in [0.25, 0.3) is 0 Å². The Hall–Kier alpha value is -0.900. The van der Waals surface area contributed by atoms with E-state index in [1.165, 1.54) is 6.92 Å². The van der Waals surface area contributed by atoms with E-state index in [9.17, 15) is 9.59 Å². The predicted octanol–water partition coefficient (Wildman–Crippen LogP) is 0.551. The molecule has 0 bridgehead atoms. The minimum absolute atomic E-state index is 0.00375. The van der Waals surface area contributed by atoms with Crippen molar-refractivity contribution in [1.82, 2.24) is 4.90 Å². The molecule has 0 aromatic carbocycles. The number of hydrogen-bond acceptors (Lipinski definition) is 3. The van der Waals surface area contributed by atoms with Crippen LogP contribution >= 0.6 is 0 Å². The summed E-state index contributed by atoms with van der Waals surface area (Å²) in [7, 11) is 0. The van der Waals surface area contributed by atoms with Crippen LogP contribution < -0.4 is 5.73 Å². The lowest BCUT2D eigenvalue weighted by atomic mass is 10.1. The van der Waals surface area contributed by atoms with Crippen molar-refractivity contribution in [2.45, 2.75) is 39.7 Å². The summed E-state index contributed by atoms with van der Waals surface area (Å²) in [5.74, 6) is -0.0537. The van der Waals surface area contributed by atoms with Gasteiger partial charge in [-0.1, -0.05) is 13.8 Å². The first-order valence-corrected chi connectivity index (χ1v) is 5.17. The van der Waals surface area contributed by atoms with Gasteiger partial charge >= 0.3 is 0 Å². The maximum Gasteiger partial charge on any atom is 0.236 e. The first-order chi connectivity index (χ1) is 6.66. The summed E-state index contributed by atoms with van der Waals surface area (Å²) in [6.07, 6.45) is 1.71. The third-order valence-electron chi connectivity index (χ3n) is 2.22. The first-order valence-electron chi connectivity index (χ1n) is 5.17. The zero-order valence-corrected chi connectivity index (χ0v) is 9.25. The van der Waals surface area contributed by atoms with Gasteiger partial charge in [-0.3, -0.25) is 9.59 Å². The van der Waals surface area contributed by atoms with Crippen molar-refractivity contribution >= 4 is 11.7 Å². The van der Waals surface area contributed by atoms with Gasteiger partial charge in [-0.2, -0.15) is 0 Å². The third kappa shape index (κ3) is 3.10. The molecular formula is C10H20N2O2. The average molecular weight is 200 g/mol. The highest BCUT2D eigenvalue weighted by Crippen LogP contribution is 2.17. The zero-order chi connectivity index (χ0) is 11.1. The maximum absolute atomic E-state index is 11.2. The number of amides is 1. The molecule has 1 aliphatic heterocycles. The van der Waals surface area contributed by atoms with Crippen LogP contribution in [0.5, 0.6) is 0 Å². The van der Waals surface area contributed by atoms with E-state index in [1.54, 1.807) is 4.90 Å². The standard InChI is InChI=1S/C8H14N2O2.C2H6/c1-6(11)7-3-2-4-10(7)8(12)5-9;1-2/h7H,2-5,9H2,1H3;1-2H3. The summed E-state index contributed by atoms with van der Waals surface area (Å²) in [6.45, 7) is 6.21. The fourth-order valence-corrected chi connectivity index (χ4v) is 1.61. The van der Waals surface area contributed by atoms with Gasteiger partial charge in [0.05, 0.1) is 12.6 Å². The molecule has 82 valence electrons. The van der Waals surface area contributed by atoms with Crippen molar-refractivity contribution in [1.29, 1.82) is 0 Å². The summed E-state index contributed by atoms with van der Waals surface area (Å²) >= 11 is 0. The number of nitrogens with zero attached hydrogens (tertiary/aromatic N) is 1. The van der Waals surface area contributed by atoms with Crippen molar-refractivity contribution in [2.75, 3.05) is 13.1 Å². The van der Waals surface area contributed by atoms with E-state index in [-0.39, 0.29) is 24.3 Å². The zero-order valence-electron chi connectivity index (χ0n) is 9.25. The molecule has 1 atom stereocenters. The first kappa shape index (κ1) is 13.1. The van der Waals surface area contributed by atoms with Crippen molar-refractivity contribution in [3.8, 4) is 0 Å². The Kier molecular flexibility index (Phi) is 6.12. The van der Waals surface area contributed by atoms with Crippen molar-refractivity contribution in [3.63, 3.8) is 0 Å². The van der Waals surface area contributed by atoms with E-state index in [4.69, 9.17) is 5.73 Å². The van der Waals surface area contributed by atoms with Crippen LogP contribution in [0.4, 0.5) is 0 Å². The topological polar surface area (TPSA) is 63.4 Å². The maximum atomic E-state index is 11.2. The van der Waals surface area contributed by atoms with Crippen LogP contribution in [0, 0.1) is 0 Å². The summed E-state index contributed by atoms with van der Waals surface area (Å²) in [5, 5.41) is 0. The average Bonchev–Trinajstić information content (AvgIpc) is 2.68. The Morgan fingerprint density at radius 1 is 1.43 bits per heavy atom. The Balaban J connectivity index is 0.000000791. The van der Waals surface area contributed by atoms with Crippen molar-refractivity contribution in [3.05, 3.63) is 0 Å². The highest BCUT2D eigenvalue weighted by atomic mass is 16.2. The van der Waals surface area contributed by atoms with Gasteiger partial charge in [-0.05, 0) is 19.8 Å². The van der Waals surface area contributed by atoms with Crippen molar-refractivity contribution in [2.24, 2.45) is 5.73 Å². The van der Waals surface area contributed by atoms with Gasteiger partial charge in [0.2, 0.25) is 5.91 Å². The van der Waals surface area contributed by atoms with E-state index in [0.717, 1.165) is 12.8 Å². The molecule has 4 nitrogen and oxygen atoms in total. The number of nitrogens with two attached hydrogens (primary N) is 1. The van der Waals surface area contributed by atoms with Gasteiger partial charge in [-0.15, -0.1) is 0 Å². The molecule has 0 spiro atoms. The van der Waals surface area contributed by atoms with Gasteiger partial charge < -0.3 is 10.6 Å². The minimum atomic E-state index is -0.207. The summed E-state index contributed by atoms with van der Waals surface area (Å²) < 4.78 is 0. The van der Waals surface area contributed by atoms with Crippen LogP contribution in [0.3, 0.4) is 0 Å². The number of carbonyl (C=O) groups is 2. The molecule has 1 heterocycles. The minimum Gasteiger partial charge on any atom is -0.332 e. The Morgan fingerprint density at radius 3 is 2.43 bits per heavy atom. The lowest BCUT2D eigenvalue weighted by Gasteiger charge is -2.21. The molecule has 14 heavy (non-hydrogen) atoms. The fraction of sp³-hybridized carbons (Fsp3) is 0.800. The number of ketones is 1. The van der Waals surface area contributed by atoms with Crippen LogP contribution in [-0.4, -0.2) is 35.7 Å². The van der Waals surface area contributed by atoms with E-state index >= 15 is 0 Å². The number of hydrogen-bond donors (Lipinski definition) is 1. The SMILES string of the molecule is CC.CC(=O)C1CCCN1C(=O)CN. The number of carbonyl (C=O) groups excluding carboxylic acids is 2. The molecule has 0 aliphatic carbocycles. The fourth-order valence-electron chi connectivity index (χ4n) is 1.61. The Labute approximate surface area is 85.4 Å². The van der Waals surface area contributed by atoms with E-state index < -0.39 is 0 Å². The number of likely N-dealkylation sites (tertiary alicyclic amines) is 1. The summed E-state index contributed by atoms with van der Waals surface area (Å²) in [4.78, 5) is 23.8.